The quantitative estimate of drug-likeness (QED) is 0.738. The molecule has 4 rings (SSSR count). The van der Waals surface area contributed by atoms with Crippen LogP contribution < -0.4 is 15.1 Å². The van der Waals surface area contributed by atoms with Crippen LogP contribution in [0.2, 0.25) is 0 Å². The van der Waals surface area contributed by atoms with Crippen LogP contribution >= 0.6 is 0 Å². The number of aromatic nitrogens is 2. The van der Waals surface area contributed by atoms with Gasteiger partial charge in [0.15, 0.2) is 0 Å². The maximum atomic E-state index is 13.3. The molecule has 7 heteroatoms. The molecule has 0 saturated carbocycles. The van der Waals surface area contributed by atoms with Gasteiger partial charge in [-0.15, -0.1) is 0 Å². The van der Waals surface area contributed by atoms with Crippen molar-refractivity contribution in [3.63, 3.8) is 0 Å². The first-order valence-corrected chi connectivity index (χ1v) is 9.54. The highest BCUT2D eigenvalue weighted by atomic mass is 19.1. The van der Waals surface area contributed by atoms with Crippen LogP contribution in [-0.4, -0.2) is 42.1 Å². The van der Waals surface area contributed by atoms with E-state index in [0.29, 0.717) is 11.5 Å². The molecule has 1 amide bonds. The lowest BCUT2D eigenvalue weighted by atomic mass is 10.2. The Morgan fingerprint density at radius 1 is 0.966 bits per heavy atom. The van der Waals surface area contributed by atoms with Gasteiger partial charge >= 0.3 is 0 Å². The van der Waals surface area contributed by atoms with Crippen molar-refractivity contribution in [2.45, 2.75) is 6.92 Å². The van der Waals surface area contributed by atoms with Gasteiger partial charge in [0.05, 0.1) is 0 Å². The number of hydrogen-bond acceptors (Lipinski definition) is 5. The molecule has 0 atom stereocenters. The number of anilines is 3. The van der Waals surface area contributed by atoms with Gasteiger partial charge in [-0.2, -0.15) is 0 Å². The number of benzene rings is 2. The van der Waals surface area contributed by atoms with Gasteiger partial charge in [0, 0.05) is 43.6 Å². The van der Waals surface area contributed by atoms with E-state index >= 15 is 0 Å². The van der Waals surface area contributed by atoms with Gasteiger partial charge in [0.2, 0.25) is 0 Å². The third-order valence-electron chi connectivity index (χ3n) is 4.94. The van der Waals surface area contributed by atoms with Crippen LogP contribution in [-0.2, 0) is 0 Å². The summed E-state index contributed by atoms with van der Waals surface area (Å²) in [6.07, 6.45) is 1.39. The second-order valence-electron chi connectivity index (χ2n) is 7.04. The van der Waals surface area contributed by atoms with Crippen molar-refractivity contribution in [1.82, 2.24) is 9.97 Å². The van der Waals surface area contributed by atoms with Crippen molar-refractivity contribution in [2.75, 3.05) is 41.3 Å². The maximum Gasteiger partial charge on any atom is 0.274 e. The van der Waals surface area contributed by atoms with Gasteiger partial charge in [-0.05, 0) is 42.8 Å². The minimum atomic E-state index is -0.405. The van der Waals surface area contributed by atoms with E-state index in [1.807, 2.05) is 0 Å². The fourth-order valence-corrected chi connectivity index (χ4v) is 3.42. The van der Waals surface area contributed by atoms with Gasteiger partial charge in [-0.25, -0.2) is 14.4 Å². The van der Waals surface area contributed by atoms with Gasteiger partial charge in [-0.3, -0.25) is 4.79 Å². The van der Waals surface area contributed by atoms with Crippen LogP contribution in [0.25, 0.3) is 0 Å². The SMILES string of the molecule is Cc1cccc(N2CCN(c3cc(C(=O)Nc4cccc(F)c4)ncn3)CC2)c1. The van der Waals surface area contributed by atoms with E-state index in [0.717, 1.165) is 26.2 Å². The molecule has 1 fully saturated rings. The molecular formula is C22H22FN5O. The van der Waals surface area contributed by atoms with Crippen molar-refractivity contribution in [3.05, 3.63) is 78.0 Å². The van der Waals surface area contributed by atoms with Crippen LogP contribution in [0.3, 0.4) is 0 Å². The van der Waals surface area contributed by atoms with Crippen LogP contribution in [0.5, 0.6) is 0 Å². The lowest BCUT2D eigenvalue weighted by Gasteiger charge is -2.36. The number of nitrogens with one attached hydrogen (secondary N) is 1. The zero-order valence-electron chi connectivity index (χ0n) is 16.2. The molecule has 0 spiro atoms. The van der Waals surface area contributed by atoms with Gasteiger partial charge in [0.25, 0.3) is 5.91 Å². The standard InChI is InChI=1S/C22H22FN5O/c1-16-4-2-7-19(12-16)27-8-10-28(11-9-27)21-14-20(24-15-25-21)22(29)26-18-6-3-5-17(23)13-18/h2-7,12-15H,8-11H2,1H3,(H,26,29). The van der Waals surface area contributed by atoms with Crippen molar-refractivity contribution in [3.8, 4) is 0 Å². The van der Waals surface area contributed by atoms with E-state index in [4.69, 9.17) is 0 Å². The van der Waals surface area contributed by atoms with E-state index in [-0.39, 0.29) is 5.69 Å². The number of halogens is 1. The molecule has 6 nitrogen and oxygen atoms in total. The van der Waals surface area contributed by atoms with Gasteiger partial charge in [-0.1, -0.05) is 18.2 Å². The maximum absolute atomic E-state index is 13.3. The van der Waals surface area contributed by atoms with Crippen LogP contribution in [0, 0.1) is 12.7 Å². The monoisotopic (exact) mass is 391 g/mol. The van der Waals surface area contributed by atoms with E-state index < -0.39 is 11.7 Å². The van der Waals surface area contributed by atoms with E-state index in [2.05, 4.69) is 56.3 Å². The predicted molar refractivity (Wildman–Crippen MR) is 112 cm³/mol. The Bertz CT molecular complexity index is 1020. The number of hydrogen-bond donors (Lipinski definition) is 1. The molecular weight excluding hydrogens is 369 g/mol. The molecule has 1 aliphatic heterocycles. The lowest BCUT2D eigenvalue weighted by Crippen LogP contribution is -2.47. The summed E-state index contributed by atoms with van der Waals surface area (Å²) in [6, 6.07) is 15.9. The van der Waals surface area contributed by atoms with Crippen LogP contribution in [0.4, 0.5) is 21.6 Å². The third kappa shape index (κ3) is 4.51. The number of piperazine rings is 1. The molecule has 1 N–H and O–H groups in total. The summed E-state index contributed by atoms with van der Waals surface area (Å²) >= 11 is 0. The number of nitrogens with zero attached hydrogens (tertiary/aromatic N) is 4. The lowest BCUT2D eigenvalue weighted by molar-refractivity contribution is 0.102. The van der Waals surface area contributed by atoms with Crippen molar-refractivity contribution in [2.24, 2.45) is 0 Å². The Morgan fingerprint density at radius 2 is 1.72 bits per heavy atom. The summed E-state index contributed by atoms with van der Waals surface area (Å²) in [5.74, 6) is -0.0800. The number of carbonyl (C=O) groups excluding carboxylic acids is 1. The molecule has 148 valence electrons. The normalized spacial score (nSPS) is 14.0. The number of amides is 1. The molecule has 2 heterocycles. The molecule has 0 unspecified atom stereocenters. The smallest absolute Gasteiger partial charge is 0.274 e. The summed E-state index contributed by atoms with van der Waals surface area (Å²) in [4.78, 5) is 25.4. The highest BCUT2D eigenvalue weighted by Crippen LogP contribution is 2.20. The predicted octanol–water partition coefficient (Wildman–Crippen LogP) is 3.50. The summed E-state index contributed by atoms with van der Waals surface area (Å²) in [5, 5.41) is 2.67. The molecule has 0 aliphatic carbocycles. The van der Waals surface area contributed by atoms with Crippen molar-refractivity contribution >= 4 is 23.1 Å². The molecule has 0 bridgehead atoms. The van der Waals surface area contributed by atoms with Crippen molar-refractivity contribution in [1.29, 1.82) is 0 Å². The first kappa shape index (κ1) is 18.9. The number of rotatable bonds is 4. The first-order chi connectivity index (χ1) is 14.1. The van der Waals surface area contributed by atoms with Crippen molar-refractivity contribution < 1.29 is 9.18 Å². The second kappa shape index (κ2) is 8.26. The average Bonchev–Trinajstić information content (AvgIpc) is 2.74. The highest BCUT2D eigenvalue weighted by molar-refractivity contribution is 6.03. The van der Waals surface area contributed by atoms with E-state index in [9.17, 15) is 9.18 Å². The van der Waals surface area contributed by atoms with Crippen LogP contribution in [0.15, 0.2) is 60.9 Å². The van der Waals surface area contributed by atoms with E-state index in [1.165, 1.54) is 29.7 Å². The van der Waals surface area contributed by atoms with Gasteiger partial charge < -0.3 is 15.1 Å². The molecule has 1 aliphatic rings. The molecule has 0 radical (unpaired) electrons. The third-order valence-corrected chi connectivity index (χ3v) is 4.94. The zero-order valence-corrected chi connectivity index (χ0v) is 16.2. The fraction of sp³-hybridized carbons (Fsp3) is 0.227. The second-order valence-corrected chi connectivity index (χ2v) is 7.04. The summed E-state index contributed by atoms with van der Waals surface area (Å²) < 4.78 is 13.3. The Morgan fingerprint density at radius 3 is 2.48 bits per heavy atom. The molecule has 2 aromatic carbocycles. The minimum Gasteiger partial charge on any atom is -0.368 e. The summed E-state index contributed by atoms with van der Waals surface area (Å²) in [5.41, 5.74) is 3.11. The number of carbonyl (C=O) groups is 1. The summed E-state index contributed by atoms with van der Waals surface area (Å²) in [6.45, 7) is 5.44. The molecule has 1 aromatic heterocycles. The molecule has 3 aromatic rings. The van der Waals surface area contributed by atoms with E-state index in [1.54, 1.807) is 18.2 Å². The largest absolute Gasteiger partial charge is 0.368 e. The number of aryl methyl sites for hydroxylation is 1. The average molecular weight is 391 g/mol. The van der Waals surface area contributed by atoms with Crippen LogP contribution in [0.1, 0.15) is 16.1 Å². The first-order valence-electron chi connectivity index (χ1n) is 9.54. The fourth-order valence-electron chi connectivity index (χ4n) is 3.42. The molecule has 29 heavy (non-hydrogen) atoms. The minimum absolute atomic E-state index is 0.250. The Balaban J connectivity index is 1.42. The van der Waals surface area contributed by atoms with Gasteiger partial charge in [0.1, 0.15) is 23.7 Å². The topological polar surface area (TPSA) is 61.4 Å². The highest BCUT2D eigenvalue weighted by Gasteiger charge is 2.20. The Hall–Kier alpha value is -3.48. The zero-order chi connectivity index (χ0) is 20.2. The summed E-state index contributed by atoms with van der Waals surface area (Å²) in [7, 11) is 0. The Kier molecular flexibility index (Phi) is 5.37. The Labute approximate surface area is 169 Å². The molecule has 1 saturated heterocycles.